The minimum Gasteiger partial charge on any atom is -0.346 e. The van der Waals surface area contributed by atoms with Crippen LogP contribution in [0.3, 0.4) is 0 Å². The van der Waals surface area contributed by atoms with Crippen molar-refractivity contribution in [2.75, 3.05) is 0 Å². The molecule has 0 heterocycles. The van der Waals surface area contributed by atoms with E-state index < -0.39 is 0 Å². The number of alkyl halides is 1. The van der Waals surface area contributed by atoms with Crippen LogP contribution in [0.5, 0.6) is 0 Å². The number of hydrogen-bond donors (Lipinski definition) is 1. The molecule has 1 aromatic carbocycles. The first-order valence-electron chi connectivity index (χ1n) is 5.36. The molecule has 0 saturated carbocycles. The van der Waals surface area contributed by atoms with Crippen LogP contribution < -0.4 is 5.32 Å². The molecule has 3 heteroatoms. The van der Waals surface area contributed by atoms with Gasteiger partial charge in [-0.2, -0.15) is 0 Å². The average molecular weight is 284 g/mol. The van der Waals surface area contributed by atoms with Gasteiger partial charge in [0.05, 0.1) is 0 Å². The molecule has 16 heavy (non-hydrogen) atoms. The summed E-state index contributed by atoms with van der Waals surface area (Å²) in [6.07, 6.45) is 0. The quantitative estimate of drug-likeness (QED) is 0.848. The van der Waals surface area contributed by atoms with Crippen LogP contribution in [0, 0.1) is 6.92 Å². The fourth-order valence-corrected chi connectivity index (χ4v) is 1.28. The van der Waals surface area contributed by atoms with Crippen molar-refractivity contribution in [3.8, 4) is 0 Å². The van der Waals surface area contributed by atoms with Crippen LogP contribution in [-0.2, 0) is 0 Å². The Bertz CT molecular complexity index is 368. The van der Waals surface area contributed by atoms with Gasteiger partial charge < -0.3 is 5.32 Å². The van der Waals surface area contributed by atoms with Crippen LogP contribution in [0.25, 0.3) is 0 Å². The Labute approximate surface area is 106 Å². The van der Waals surface area contributed by atoms with Gasteiger partial charge in [0, 0.05) is 15.9 Å². The molecule has 0 aliphatic rings. The summed E-state index contributed by atoms with van der Waals surface area (Å²) in [7, 11) is 0. The van der Waals surface area contributed by atoms with Crippen molar-refractivity contribution in [2.24, 2.45) is 0 Å². The van der Waals surface area contributed by atoms with Gasteiger partial charge in [0.15, 0.2) is 0 Å². The molecule has 1 N–H and O–H groups in total. The van der Waals surface area contributed by atoms with Crippen LogP contribution >= 0.6 is 15.9 Å². The Morgan fingerprint density at radius 1 is 1.31 bits per heavy atom. The number of halogens is 1. The molecule has 1 atom stereocenters. The molecule has 0 aliphatic carbocycles. The Morgan fingerprint density at radius 3 is 2.25 bits per heavy atom. The van der Waals surface area contributed by atoms with E-state index in [0.717, 1.165) is 5.56 Å². The highest BCUT2D eigenvalue weighted by molar-refractivity contribution is 9.09. The van der Waals surface area contributed by atoms with Crippen LogP contribution in [0.4, 0.5) is 0 Å². The SMILES string of the molecule is Cc1ccc(C(=O)NC(C)(C)C(C)Br)cc1. The van der Waals surface area contributed by atoms with Crippen LogP contribution in [0.2, 0.25) is 0 Å². The molecule has 0 bridgehead atoms. The minimum absolute atomic E-state index is 0.0312. The minimum atomic E-state index is -0.262. The monoisotopic (exact) mass is 283 g/mol. The number of carbonyl (C=O) groups is 1. The summed E-state index contributed by atoms with van der Waals surface area (Å²) in [6.45, 7) is 8.03. The van der Waals surface area contributed by atoms with E-state index >= 15 is 0 Å². The van der Waals surface area contributed by atoms with E-state index in [2.05, 4.69) is 21.2 Å². The van der Waals surface area contributed by atoms with Crippen molar-refractivity contribution in [2.45, 2.75) is 38.1 Å². The molecule has 1 unspecified atom stereocenters. The lowest BCUT2D eigenvalue weighted by Gasteiger charge is -2.29. The number of benzene rings is 1. The molecular weight excluding hydrogens is 266 g/mol. The summed E-state index contributed by atoms with van der Waals surface area (Å²) < 4.78 is 0. The highest BCUT2D eigenvalue weighted by atomic mass is 79.9. The number of rotatable bonds is 3. The van der Waals surface area contributed by atoms with Crippen molar-refractivity contribution in [1.29, 1.82) is 0 Å². The van der Waals surface area contributed by atoms with Gasteiger partial charge >= 0.3 is 0 Å². The Hall–Kier alpha value is -0.830. The lowest BCUT2D eigenvalue weighted by Crippen LogP contribution is -2.48. The predicted octanol–water partition coefficient (Wildman–Crippen LogP) is 3.29. The molecule has 0 aromatic heterocycles. The van der Waals surface area contributed by atoms with Crippen molar-refractivity contribution in [3.05, 3.63) is 35.4 Å². The fourth-order valence-electron chi connectivity index (χ4n) is 1.17. The third-order valence-electron chi connectivity index (χ3n) is 2.74. The van der Waals surface area contributed by atoms with Gasteiger partial charge in [-0.05, 0) is 32.9 Å². The maximum atomic E-state index is 11.9. The summed E-state index contributed by atoms with van der Waals surface area (Å²) in [5.41, 5.74) is 1.60. The smallest absolute Gasteiger partial charge is 0.251 e. The number of nitrogens with one attached hydrogen (secondary N) is 1. The highest BCUT2D eigenvalue weighted by Gasteiger charge is 2.25. The molecule has 0 spiro atoms. The summed E-state index contributed by atoms with van der Waals surface area (Å²) in [6, 6.07) is 7.58. The molecule has 1 rings (SSSR count). The van der Waals surface area contributed by atoms with Crippen molar-refractivity contribution >= 4 is 21.8 Å². The van der Waals surface area contributed by atoms with Crippen LogP contribution in [-0.4, -0.2) is 16.3 Å². The Balaban J connectivity index is 2.77. The molecule has 0 aliphatic heterocycles. The first-order chi connectivity index (χ1) is 7.33. The summed E-state index contributed by atoms with van der Waals surface area (Å²) in [4.78, 5) is 12.2. The third-order valence-corrected chi connectivity index (χ3v) is 3.89. The second kappa shape index (κ2) is 5.00. The van der Waals surface area contributed by atoms with Gasteiger partial charge in [-0.3, -0.25) is 4.79 Å². The predicted molar refractivity (Wildman–Crippen MR) is 71.1 cm³/mol. The van der Waals surface area contributed by atoms with Gasteiger partial charge in [-0.15, -0.1) is 0 Å². The summed E-state index contributed by atoms with van der Waals surface area (Å²) in [5.74, 6) is -0.0312. The lowest BCUT2D eigenvalue weighted by atomic mass is 10.0. The Kier molecular flexibility index (Phi) is 4.14. The van der Waals surface area contributed by atoms with Crippen molar-refractivity contribution in [3.63, 3.8) is 0 Å². The second-order valence-electron chi connectivity index (χ2n) is 4.66. The fraction of sp³-hybridized carbons (Fsp3) is 0.462. The summed E-state index contributed by atoms with van der Waals surface area (Å²) in [5, 5.41) is 3.01. The molecule has 2 nitrogen and oxygen atoms in total. The first kappa shape index (κ1) is 13.2. The van der Waals surface area contributed by atoms with Gasteiger partial charge in [0.2, 0.25) is 0 Å². The standard InChI is InChI=1S/C13H18BrNO/c1-9-5-7-11(8-6-9)12(16)15-13(3,4)10(2)14/h5-8,10H,1-4H3,(H,15,16). The van der Waals surface area contributed by atoms with E-state index in [0.29, 0.717) is 5.56 Å². The molecule has 1 amide bonds. The van der Waals surface area contributed by atoms with E-state index in [4.69, 9.17) is 0 Å². The molecule has 0 radical (unpaired) electrons. The maximum absolute atomic E-state index is 11.9. The van der Waals surface area contributed by atoms with E-state index in [1.54, 1.807) is 0 Å². The first-order valence-corrected chi connectivity index (χ1v) is 6.28. The topological polar surface area (TPSA) is 29.1 Å². The molecule has 0 saturated heterocycles. The second-order valence-corrected chi connectivity index (χ2v) is 6.03. The zero-order valence-electron chi connectivity index (χ0n) is 10.2. The van der Waals surface area contributed by atoms with Crippen molar-refractivity contribution in [1.82, 2.24) is 5.32 Å². The molecule has 1 aromatic rings. The van der Waals surface area contributed by atoms with Crippen LogP contribution in [0.1, 0.15) is 36.7 Å². The number of hydrogen-bond acceptors (Lipinski definition) is 1. The van der Waals surface area contributed by atoms with E-state index in [9.17, 15) is 4.79 Å². The zero-order chi connectivity index (χ0) is 12.3. The Morgan fingerprint density at radius 2 is 1.81 bits per heavy atom. The normalized spacial score (nSPS) is 13.3. The van der Waals surface area contributed by atoms with Gasteiger partial charge in [-0.25, -0.2) is 0 Å². The van der Waals surface area contributed by atoms with E-state index in [1.165, 1.54) is 0 Å². The number of amides is 1. The van der Waals surface area contributed by atoms with E-state index in [1.807, 2.05) is 52.0 Å². The lowest BCUT2D eigenvalue weighted by molar-refractivity contribution is 0.0914. The average Bonchev–Trinajstić information content (AvgIpc) is 2.17. The van der Waals surface area contributed by atoms with Crippen LogP contribution in [0.15, 0.2) is 24.3 Å². The largest absolute Gasteiger partial charge is 0.346 e. The van der Waals surface area contributed by atoms with Crippen molar-refractivity contribution < 1.29 is 4.79 Å². The van der Waals surface area contributed by atoms with Gasteiger partial charge in [0.1, 0.15) is 0 Å². The zero-order valence-corrected chi connectivity index (χ0v) is 11.8. The summed E-state index contributed by atoms with van der Waals surface area (Å²) >= 11 is 3.49. The third kappa shape index (κ3) is 3.34. The highest BCUT2D eigenvalue weighted by Crippen LogP contribution is 2.17. The number of carbonyl (C=O) groups excluding carboxylic acids is 1. The maximum Gasteiger partial charge on any atom is 0.251 e. The van der Waals surface area contributed by atoms with E-state index in [-0.39, 0.29) is 16.3 Å². The number of aryl methyl sites for hydroxylation is 1. The van der Waals surface area contributed by atoms with Gasteiger partial charge in [-0.1, -0.05) is 40.5 Å². The molecular formula is C13H18BrNO. The van der Waals surface area contributed by atoms with Gasteiger partial charge in [0.25, 0.3) is 5.91 Å². The molecule has 0 fully saturated rings. The molecule has 88 valence electrons.